The third-order valence-corrected chi connectivity index (χ3v) is 4.20. The second-order valence-corrected chi connectivity index (χ2v) is 5.89. The van der Waals surface area contributed by atoms with Crippen LogP contribution in [-0.4, -0.2) is 30.1 Å². The van der Waals surface area contributed by atoms with E-state index in [1.165, 1.54) is 18.2 Å². The maximum atomic E-state index is 12.6. The number of nitro groups is 1. The van der Waals surface area contributed by atoms with Crippen LogP contribution >= 0.6 is 0 Å². The molecule has 0 radical (unpaired) electrons. The summed E-state index contributed by atoms with van der Waals surface area (Å²) in [6, 6.07) is 6.03. The molecule has 0 saturated carbocycles. The number of carbonyl (C=O) groups is 2. The molecule has 8 nitrogen and oxygen atoms in total. The quantitative estimate of drug-likeness (QED) is 0.463. The highest BCUT2D eigenvalue weighted by molar-refractivity contribution is 6.00. The number of dihydropyridines is 1. The van der Waals surface area contributed by atoms with Gasteiger partial charge in [-0.1, -0.05) is 18.2 Å². The Labute approximate surface area is 157 Å². The van der Waals surface area contributed by atoms with E-state index >= 15 is 0 Å². The van der Waals surface area contributed by atoms with E-state index < -0.39 is 22.8 Å². The summed E-state index contributed by atoms with van der Waals surface area (Å²) < 4.78 is 10.3. The van der Waals surface area contributed by atoms with Crippen molar-refractivity contribution in [2.45, 2.75) is 33.6 Å². The predicted octanol–water partition coefficient (Wildman–Crippen LogP) is 2.96. The van der Waals surface area contributed by atoms with Gasteiger partial charge in [-0.3, -0.25) is 10.1 Å². The SMILES string of the molecule is CCOC(=O)C1=C(C)NC(C)=C(C(=O)OCC)C1c1ccccc1[N+](=O)[O-]. The Morgan fingerprint density at radius 1 is 1.04 bits per heavy atom. The van der Waals surface area contributed by atoms with E-state index in [1.54, 1.807) is 33.8 Å². The normalized spacial score (nSPS) is 14.7. The third kappa shape index (κ3) is 3.99. The maximum Gasteiger partial charge on any atom is 0.336 e. The first-order chi connectivity index (χ1) is 12.8. The molecule has 1 heterocycles. The number of rotatable bonds is 6. The molecule has 144 valence electrons. The molecule has 0 atom stereocenters. The van der Waals surface area contributed by atoms with E-state index in [-0.39, 0.29) is 35.6 Å². The minimum absolute atomic E-state index is 0.136. The van der Waals surface area contributed by atoms with Crippen LogP contribution in [-0.2, 0) is 19.1 Å². The van der Waals surface area contributed by atoms with Crippen molar-refractivity contribution in [3.05, 3.63) is 62.5 Å². The Kier molecular flexibility index (Phi) is 6.33. The van der Waals surface area contributed by atoms with Crippen LogP contribution in [0.5, 0.6) is 0 Å². The zero-order valence-corrected chi connectivity index (χ0v) is 15.7. The van der Waals surface area contributed by atoms with E-state index in [0.717, 1.165) is 0 Å². The molecule has 0 spiro atoms. The lowest BCUT2D eigenvalue weighted by atomic mass is 9.79. The summed E-state index contributed by atoms with van der Waals surface area (Å²) in [5.41, 5.74) is 1.30. The topological polar surface area (TPSA) is 108 Å². The van der Waals surface area contributed by atoms with Crippen molar-refractivity contribution in [3.8, 4) is 0 Å². The number of nitro benzene ring substituents is 1. The second kappa shape index (κ2) is 8.48. The number of hydrogen-bond acceptors (Lipinski definition) is 7. The standard InChI is InChI=1S/C19H22N2O6/c1-5-26-18(22)15-11(3)20-12(4)16(19(23)27-6-2)17(15)13-9-7-8-10-14(13)21(24)25/h7-10,17,20H,5-6H2,1-4H3. The first kappa shape index (κ1) is 20.2. The number of para-hydroxylation sites is 1. The highest BCUT2D eigenvalue weighted by atomic mass is 16.6. The third-order valence-electron chi connectivity index (χ3n) is 4.20. The van der Waals surface area contributed by atoms with Crippen molar-refractivity contribution < 1.29 is 24.0 Å². The molecular formula is C19H22N2O6. The van der Waals surface area contributed by atoms with Gasteiger partial charge in [0.05, 0.1) is 35.2 Å². The molecule has 1 aliphatic rings. The number of ether oxygens (including phenoxy) is 2. The fraction of sp³-hybridized carbons (Fsp3) is 0.368. The van der Waals surface area contributed by atoms with Gasteiger partial charge in [0.2, 0.25) is 0 Å². The highest BCUT2D eigenvalue weighted by Gasteiger charge is 2.40. The number of nitrogens with one attached hydrogen (secondary N) is 1. The maximum absolute atomic E-state index is 12.6. The number of allylic oxidation sites excluding steroid dienone is 2. The summed E-state index contributed by atoms with van der Waals surface area (Å²) in [5.74, 6) is -2.24. The van der Waals surface area contributed by atoms with E-state index in [9.17, 15) is 19.7 Å². The van der Waals surface area contributed by atoms with Crippen LogP contribution in [0.3, 0.4) is 0 Å². The number of hydrogen-bond donors (Lipinski definition) is 1. The molecule has 1 aromatic rings. The molecule has 1 aliphatic heterocycles. The summed E-state index contributed by atoms with van der Waals surface area (Å²) in [6.45, 7) is 6.93. The summed E-state index contributed by atoms with van der Waals surface area (Å²) in [7, 11) is 0. The van der Waals surface area contributed by atoms with Gasteiger partial charge in [-0.2, -0.15) is 0 Å². The lowest BCUT2D eigenvalue weighted by Crippen LogP contribution is -2.32. The molecule has 0 bridgehead atoms. The monoisotopic (exact) mass is 374 g/mol. The molecule has 0 aliphatic carbocycles. The summed E-state index contributed by atoms with van der Waals surface area (Å²) in [4.78, 5) is 36.3. The Morgan fingerprint density at radius 2 is 1.52 bits per heavy atom. The van der Waals surface area contributed by atoms with Gasteiger partial charge in [-0.05, 0) is 27.7 Å². The fourth-order valence-corrected chi connectivity index (χ4v) is 3.16. The lowest BCUT2D eigenvalue weighted by Gasteiger charge is -2.30. The molecule has 0 amide bonds. The molecular weight excluding hydrogens is 352 g/mol. The number of esters is 2. The average molecular weight is 374 g/mol. The number of nitrogens with zero attached hydrogens (tertiary/aromatic N) is 1. The fourth-order valence-electron chi connectivity index (χ4n) is 3.16. The molecule has 2 rings (SSSR count). The van der Waals surface area contributed by atoms with Crippen molar-refractivity contribution in [1.82, 2.24) is 5.32 Å². The van der Waals surface area contributed by atoms with Gasteiger partial charge < -0.3 is 14.8 Å². The summed E-state index contributed by atoms with van der Waals surface area (Å²) >= 11 is 0. The minimum Gasteiger partial charge on any atom is -0.463 e. The van der Waals surface area contributed by atoms with E-state index in [0.29, 0.717) is 11.4 Å². The molecule has 27 heavy (non-hydrogen) atoms. The first-order valence-electron chi connectivity index (χ1n) is 8.59. The van der Waals surface area contributed by atoms with E-state index in [1.807, 2.05) is 0 Å². The number of carbonyl (C=O) groups excluding carboxylic acids is 2. The van der Waals surface area contributed by atoms with Crippen LogP contribution in [0.15, 0.2) is 46.8 Å². The van der Waals surface area contributed by atoms with Crippen molar-refractivity contribution >= 4 is 17.6 Å². The van der Waals surface area contributed by atoms with Gasteiger partial charge in [-0.15, -0.1) is 0 Å². The van der Waals surface area contributed by atoms with Crippen LogP contribution in [0.4, 0.5) is 5.69 Å². The van der Waals surface area contributed by atoms with Gasteiger partial charge in [0.15, 0.2) is 0 Å². The molecule has 0 saturated heterocycles. The first-order valence-corrected chi connectivity index (χ1v) is 8.59. The van der Waals surface area contributed by atoms with Gasteiger partial charge >= 0.3 is 11.9 Å². The Bertz CT molecular complexity index is 800. The Balaban J connectivity index is 2.75. The van der Waals surface area contributed by atoms with Crippen LogP contribution in [0.2, 0.25) is 0 Å². The number of benzene rings is 1. The van der Waals surface area contributed by atoms with E-state index in [4.69, 9.17) is 9.47 Å². The predicted molar refractivity (Wildman–Crippen MR) is 97.6 cm³/mol. The minimum atomic E-state index is -0.967. The highest BCUT2D eigenvalue weighted by Crippen LogP contribution is 2.42. The molecule has 0 aromatic heterocycles. The molecule has 1 aromatic carbocycles. The Hall–Kier alpha value is -3.16. The second-order valence-electron chi connectivity index (χ2n) is 5.89. The zero-order valence-electron chi connectivity index (χ0n) is 15.7. The zero-order chi connectivity index (χ0) is 20.1. The summed E-state index contributed by atoms with van der Waals surface area (Å²) in [6.07, 6.45) is 0. The van der Waals surface area contributed by atoms with Gasteiger partial charge in [0, 0.05) is 23.0 Å². The van der Waals surface area contributed by atoms with Gasteiger partial charge in [0.25, 0.3) is 5.69 Å². The largest absolute Gasteiger partial charge is 0.463 e. The average Bonchev–Trinajstić information content (AvgIpc) is 2.61. The van der Waals surface area contributed by atoms with Crippen molar-refractivity contribution in [3.63, 3.8) is 0 Å². The van der Waals surface area contributed by atoms with Crippen LogP contribution in [0, 0.1) is 10.1 Å². The summed E-state index contributed by atoms with van der Waals surface area (Å²) in [5, 5.41) is 14.6. The van der Waals surface area contributed by atoms with E-state index in [2.05, 4.69) is 5.32 Å². The lowest BCUT2D eigenvalue weighted by molar-refractivity contribution is -0.385. The van der Waals surface area contributed by atoms with Gasteiger partial charge in [-0.25, -0.2) is 9.59 Å². The molecule has 8 heteroatoms. The van der Waals surface area contributed by atoms with Gasteiger partial charge in [0.1, 0.15) is 0 Å². The van der Waals surface area contributed by atoms with Crippen molar-refractivity contribution in [2.24, 2.45) is 0 Å². The molecule has 1 N–H and O–H groups in total. The van der Waals surface area contributed by atoms with Crippen LogP contribution < -0.4 is 5.32 Å². The molecule has 0 unspecified atom stereocenters. The molecule has 0 fully saturated rings. The Morgan fingerprint density at radius 3 is 1.96 bits per heavy atom. The smallest absolute Gasteiger partial charge is 0.336 e. The van der Waals surface area contributed by atoms with Crippen molar-refractivity contribution in [1.29, 1.82) is 0 Å². The van der Waals surface area contributed by atoms with Crippen LogP contribution in [0.25, 0.3) is 0 Å². The van der Waals surface area contributed by atoms with Crippen LogP contribution in [0.1, 0.15) is 39.2 Å². The van der Waals surface area contributed by atoms with Crippen molar-refractivity contribution in [2.75, 3.05) is 13.2 Å².